The monoisotopic (exact) mass is 356 g/mol. The van der Waals surface area contributed by atoms with Crippen molar-refractivity contribution in [3.05, 3.63) is 71.2 Å². The molecule has 27 heavy (non-hydrogen) atoms. The quantitative estimate of drug-likeness (QED) is 0.616. The minimum Gasteiger partial charge on any atom is -0.507 e. The van der Waals surface area contributed by atoms with E-state index in [-0.39, 0.29) is 17.0 Å². The lowest BCUT2D eigenvalue weighted by Crippen LogP contribution is -2.02. The molecule has 0 spiro atoms. The molecule has 2 aromatic carbocycles. The molecule has 2 saturated carbocycles. The summed E-state index contributed by atoms with van der Waals surface area (Å²) in [7, 11) is 0. The SMILES string of the molecule is N#CC1(c2ccc(-c3c(C(O)=C4CC4)cnc4ccc(F)cc34)cc2)CC1. The summed E-state index contributed by atoms with van der Waals surface area (Å²) in [6, 6.07) is 14.8. The minimum absolute atomic E-state index is 0.253. The first-order valence-electron chi connectivity index (χ1n) is 9.13. The summed E-state index contributed by atoms with van der Waals surface area (Å²) in [5.74, 6) is -0.0808. The summed E-state index contributed by atoms with van der Waals surface area (Å²) in [4.78, 5) is 4.42. The second-order valence-corrected chi connectivity index (χ2v) is 7.43. The molecule has 0 amide bonds. The summed E-state index contributed by atoms with van der Waals surface area (Å²) in [6.07, 6.45) is 5.22. The van der Waals surface area contributed by atoms with Gasteiger partial charge in [-0.15, -0.1) is 0 Å². The maximum atomic E-state index is 14.0. The van der Waals surface area contributed by atoms with Gasteiger partial charge < -0.3 is 5.11 Å². The smallest absolute Gasteiger partial charge is 0.124 e. The lowest BCUT2D eigenvalue weighted by atomic mass is 9.91. The molecular formula is C23H17FN2O. The molecule has 1 N–H and O–H groups in total. The Kier molecular flexibility index (Phi) is 3.35. The van der Waals surface area contributed by atoms with E-state index in [0.717, 1.165) is 47.9 Å². The summed E-state index contributed by atoms with van der Waals surface area (Å²) in [6.45, 7) is 0. The molecule has 4 heteroatoms. The number of allylic oxidation sites excluding steroid dienone is 1. The van der Waals surface area contributed by atoms with E-state index < -0.39 is 0 Å². The van der Waals surface area contributed by atoms with Crippen LogP contribution in [0.5, 0.6) is 0 Å². The molecule has 3 aromatic rings. The zero-order valence-electron chi connectivity index (χ0n) is 14.7. The van der Waals surface area contributed by atoms with Crippen LogP contribution >= 0.6 is 0 Å². The van der Waals surface area contributed by atoms with Crippen LogP contribution in [0.15, 0.2) is 54.2 Å². The van der Waals surface area contributed by atoms with Crippen molar-refractivity contribution in [2.75, 3.05) is 0 Å². The van der Waals surface area contributed by atoms with Gasteiger partial charge in [0.25, 0.3) is 0 Å². The van der Waals surface area contributed by atoms with Crippen LogP contribution in [-0.2, 0) is 5.41 Å². The fourth-order valence-corrected chi connectivity index (χ4v) is 3.69. The number of nitrogens with zero attached hydrogens (tertiary/aromatic N) is 2. The van der Waals surface area contributed by atoms with E-state index >= 15 is 0 Å². The molecular weight excluding hydrogens is 339 g/mol. The highest BCUT2D eigenvalue weighted by Gasteiger charge is 2.44. The third-order valence-electron chi connectivity index (χ3n) is 5.61. The van der Waals surface area contributed by atoms with Gasteiger partial charge in [-0.05, 0) is 60.6 Å². The van der Waals surface area contributed by atoms with Crippen LogP contribution in [0.25, 0.3) is 27.8 Å². The van der Waals surface area contributed by atoms with Crippen LogP contribution in [0.4, 0.5) is 4.39 Å². The number of hydrogen-bond donors (Lipinski definition) is 1. The molecule has 0 aliphatic heterocycles. The number of benzene rings is 2. The Hall–Kier alpha value is -3.19. The molecule has 2 aliphatic carbocycles. The van der Waals surface area contributed by atoms with E-state index in [1.807, 2.05) is 24.3 Å². The number of halogens is 1. The number of hydrogen-bond acceptors (Lipinski definition) is 3. The van der Waals surface area contributed by atoms with Crippen molar-refractivity contribution in [1.82, 2.24) is 4.98 Å². The number of rotatable bonds is 3. The van der Waals surface area contributed by atoms with Gasteiger partial charge >= 0.3 is 0 Å². The number of fused-ring (bicyclic) bond motifs is 1. The lowest BCUT2D eigenvalue weighted by Gasteiger charge is -2.14. The normalized spacial score (nSPS) is 16.8. The Bertz CT molecular complexity index is 1150. The molecule has 1 aromatic heterocycles. The topological polar surface area (TPSA) is 56.9 Å². The Balaban J connectivity index is 1.73. The lowest BCUT2D eigenvalue weighted by molar-refractivity contribution is 0.509. The second kappa shape index (κ2) is 5.65. The predicted molar refractivity (Wildman–Crippen MR) is 102 cm³/mol. The minimum atomic E-state index is -0.341. The zero-order chi connectivity index (χ0) is 18.6. The Morgan fingerprint density at radius 1 is 1.11 bits per heavy atom. The van der Waals surface area contributed by atoms with E-state index in [4.69, 9.17) is 0 Å². The summed E-state index contributed by atoms with van der Waals surface area (Å²) < 4.78 is 14.0. The molecule has 0 unspecified atom stereocenters. The maximum absolute atomic E-state index is 14.0. The molecule has 2 fully saturated rings. The van der Waals surface area contributed by atoms with E-state index in [1.54, 1.807) is 12.3 Å². The molecule has 1 heterocycles. The van der Waals surface area contributed by atoms with E-state index in [9.17, 15) is 14.8 Å². The second-order valence-electron chi connectivity index (χ2n) is 7.43. The highest BCUT2D eigenvalue weighted by Crippen LogP contribution is 2.48. The van der Waals surface area contributed by atoms with Gasteiger partial charge in [0.1, 0.15) is 11.6 Å². The summed E-state index contributed by atoms with van der Waals surface area (Å²) in [5, 5.41) is 20.8. The zero-order valence-corrected chi connectivity index (χ0v) is 14.7. The standard InChI is InChI=1S/C23H17FN2O/c24-17-7-8-20-18(11-17)21(19(12-26-20)22(27)15-1-2-15)14-3-5-16(6-4-14)23(13-25)9-10-23/h3-8,11-12,27H,1-2,9-10H2. The van der Waals surface area contributed by atoms with Crippen LogP contribution < -0.4 is 0 Å². The fraction of sp³-hybridized carbons (Fsp3) is 0.217. The van der Waals surface area contributed by atoms with Crippen LogP contribution in [-0.4, -0.2) is 10.1 Å². The van der Waals surface area contributed by atoms with Crippen LogP contribution in [0.1, 0.15) is 36.8 Å². The molecule has 3 nitrogen and oxygen atoms in total. The molecule has 0 bridgehead atoms. The first kappa shape index (κ1) is 16.0. The van der Waals surface area contributed by atoms with Gasteiger partial charge in [-0.3, -0.25) is 4.98 Å². The van der Waals surface area contributed by atoms with Crippen LogP contribution in [0.3, 0.4) is 0 Å². The molecule has 0 radical (unpaired) electrons. The van der Waals surface area contributed by atoms with Crippen LogP contribution in [0.2, 0.25) is 0 Å². The van der Waals surface area contributed by atoms with Gasteiger partial charge in [-0.1, -0.05) is 24.3 Å². The highest BCUT2D eigenvalue weighted by molar-refractivity contribution is 5.99. The van der Waals surface area contributed by atoms with E-state index in [2.05, 4.69) is 11.1 Å². The Morgan fingerprint density at radius 2 is 1.85 bits per heavy atom. The van der Waals surface area contributed by atoms with Crippen molar-refractivity contribution in [2.45, 2.75) is 31.1 Å². The van der Waals surface area contributed by atoms with Gasteiger partial charge in [0.05, 0.1) is 17.0 Å². The Labute approximate surface area is 156 Å². The predicted octanol–water partition coefficient (Wildman–Crippen LogP) is 5.66. The first-order chi connectivity index (χ1) is 13.1. The summed E-state index contributed by atoms with van der Waals surface area (Å²) >= 11 is 0. The van der Waals surface area contributed by atoms with Gasteiger partial charge in [0, 0.05) is 22.7 Å². The number of aliphatic hydroxyl groups excluding tert-OH is 1. The molecule has 0 atom stereocenters. The van der Waals surface area contributed by atoms with Crippen LogP contribution in [0, 0.1) is 17.1 Å². The van der Waals surface area contributed by atoms with Gasteiger partial charge in [0.15, 0.2) is 0 Å². The first-order valence-corrected chi connectivity index (χ1v) is 9.13. The third-order valence-corrected chi connectivity index (χ3v) is 5.61. The summed E-state index contributed by atoms with van der Waals surface area (Å²) in [5.41, 5.74) is 4.67. The number of pyridine rings is 1. The number of aliphatic hydroxyl groups is 1. The van der Waals surface area contributed by atoms with Crippen molar-refractivity contribution < 1.29 is 9.50 Å². The van der Waals surface area contributed by atoms with Gasteiger partial charge in [-0.2, -0.15) is 5.26 Å². The fourth-order valence-electron chi connectivity index (χ4n) is 3.69. The molecule has 5 rings (SSSR count). The van der Waals surface area contributed by atoms with Gasteiger partial charge in [0.2, 0.25) is 0 Å². The van der Waals surface area contributed by atoms with Crippen molar-refractivity contribution in [1.29, 1.82) is 5.26 Å². The largest absolute Gasteiger partial charge is 0.507 e. The molecule has 0 saturated heterocycles. The Morgan fingerprint density at radius 3 is 2.48 bits per heavy atom. The van der Waals surface area contributed by atoms with Gasteiger partial charge in [-0.25, -0.2) is 4.39 Å². The average Bonchev–Trinajstić information content (AvgIpc) is 3.60. The average molecular weight is 356 g/mol. The third kappa shape index (κ3) is 2.59. The number of nitriles is 1. The van der Waals surface area contributed by atoms with E-state index in [0.29, 0.717) is 16.5 Å². The van der Waals surface area contributed by atoms with Crippen molar-refractivity contribution >= 4 is 16.7 Å². The highest BCUT2D eigenvalue weighted by atomic mass is 19.1. The van der Waals surface area contributed by atoms with E-state index in [1.165, 1.54) is 12.1 Å². The molecule has 132 valence electrons. The van der Waals surface area contributed by atoms with Crippen molar-refractivity contribution in [3.8, 4) is 17.2 Å². The number of aromatic nitrogens is 1. The molecule has 2 aliphatic rings. The van der Waals surface area contributed by atoms with Crippen molar-refractivity contribution in [3.63, 3.8) is 0 Å². The van der Waals surface area contributed by atoms with Crippen molar-refractivity contribution in [2.24, 2.45) is 0 Å². The maximum Gasteiger partial charge on any atom is 0.124 e.